The molecule has 5 heteroatoms. The van der Waals surface area contributed by atoms with Gasteiger partial charge in [0.05, 0.1) is 23.4 Å². The number of fused-ring (bicyclic) bond motifs is 3. The molecular formula is C27H29N3O2. The van der Waals surface area contributed by atoms with Crippen LogP contribution in [-0.2, 0) is 0 Å². The van der Waals surface area contributed by atoms with Crippen molar-refractivity contribution < 1.29 is 9.53 Å². The molecule has 1 N–H and O–H groups in total. The number of nitrogens with zero attached hydrogens (tertiary/aromatic N) is 2. The molecule has 5 nitrogen and oxygen atoms in total. The zero-order valence-corrected chi connectivity index (χ0v) is 18.7. The van der Waals surface area contributed by atoms with E-state index in [0.29, 0.717) is 18.1 Å². The molecule has 0 aliphatic heterocycles. The van der Waals surface area contributed by atoms with Crippen LogP contribution in [0.1, 0.15) is 49.9 Å². The number of carbonyl (C=O) groups excluding carboxylic acids is 1. The first kappa shape index (κ1) is 20.7. The maximum atomic E-state index is 13.2. The van der Waals surface area contributed by atoms with Crippen LogP contribution in [0.25, 0.3) is 22.2 Å². The van der Waals surface area contributed by atoms with Crippen LogP contribution < -0.4 is 10.2 Å². The maximum absolute atomic E-state index is 13.2. The number of hydrazone groups is 1. The van der Waals surface area contributed by atoms with Crippen molar-refractivity contribution in [2.45, 2.75) is 39.5 Å². The summed E-state index contributed by atoms with van der Waals surface area (Å²) in [6.45, 7) is 4.65. The van der Waals surface area contributed by atoms with Gasteiger partial charge in [0.2, 0.25) is 0 Å². The van der Waals surface area contributed by atoms with Crippen molar-refractivity contribution in [2.75, 3.05) is 6.61 Å². The molecular weight excluding hydrogens is 398 g/mol. The fourth-order valence-corrected chi connectivity index (χ4v) is 5.44. The summed E-state index contributed by atoms with van der Waals surface area (Å²) in [7, 11) is 0. The lowest BCUT2D eigenvalue weighted by atomic mass is 9.86. The van der Waals surface area contributed by atoms with Crippen LogP contribution in [0, 0.1) is 17.8 Å². The molecule has 2 aliphatic rings. The van der Waals surface area contributed by atoms with E-state index in [0.717, 1.165) is 45.5 Å². The van der Waals surface area contributed by atoms with Gasteiger partial charge in [-0.2, -0.15) is 5.10 Å². The predicted octanol–water partition coefficient (Wildman–Crippen LogP) is 5.84. The monoisotopic (exact) mass is 427 g/mol. The number of hydrogen-bond acceptors (Lipinski definition) is 4. The topological polar surface area (TPSA) is 63.6 Å². The lowest BCUT2D eigenvalue weighted by molar-refractivity contribution is 0.0956. The normalized spacial score (nSPS) is 22.3. The second kappa shape index (κ2) is 8.73. The fourth-order valence-electron chi connectivity index (χ4n) is 5.44. The number of ether oxygens (including phenoxy) is 1. The highest BCUT2D eigenvalue weighted by molar-refractivity contribution is 6.07. The molecule has 0 saturated heterocycles. The van der Waals surface area contributed by atoms with Gasteiger partial charge < -0.3 is 4.74 Å². The number of aromatic nitrogens is 1. The Balaban J connectivity index is 1.43. The van der Waals surface area contributed by atoms with Gasteiger partial charge in [-0.1, -0.05) is 24.6 Å². The molecule has 2 bridgehead atoms. The largest absolute Gasteiger partial charge is 0.494 e. The number of pyridine rings is 1. The van der Waals surface area contributed by atoms with Gasteiger partial charge in [-0.25, -0.2) is 10.4 Å². The van der Waals surface area contributed by atoms with Gasteiger partial charge in [0.1, 0.15) is 5.75 Å². The molecule has 0 radical (unpaired) electrons. The van der Waals surface area contributed by atoms with Crippen molar-refractivity contribution in [3.05, 3.63) is 60.2 Å². The number of benzene rings is 2. The van der Waals surface area contributed by atoms with Crippen LogP contribution in [0.15, 0.2) is 59.7 Å². The third-order valence-corrected chi connectivity index (χ3v) is 7.03. The van der Waals surface area contributed by atoms with Gasteiger partial charge >= 0.3 is 0 Å². The third-order valence-electron chi connectivity index (χ3n) is 7.03. The van der Waals surface area contributed by atoms with Crippen molar-refractivity contribution in [2.24, 2.45) is 22.9 Å². The number of carbonyl (C=O) groups is 1. The summed E-state index contributed by atoms with van der Waals surface area (Å²) < 4.78 is 5.54. The lowest BCUT2D eigenvalue weighted by Gasteiger charge is -2.21. The Bertz CT molecular complexity index is 1170. The molecule has 164 valence electrons. The van der Waals surface area contributed by atoms with E-state index in [1.165, 1.54) is 25.7 Å². The van der Waals surface area contributed by atoms with Crippen molar-refractivity contribution in [1.29, 1.82) is 0 Å². The van der Waals surface area contributed by atoms with Crippen molar-refractivity contribution in [3.8, 4) is 17.0 Å². The number of hydrogen-bond donors (Lipinski definition) is 1. The van der Waals surface area contributed by atoms with Gasteiger partial charge in [0.15, 0.2) is 0 Å². The van der Waals surface area contributed by atoms with E-state index >= 15 is 0 Å². The molecule has 3 atom stereocenters. The van der Waals surface area contributed by atoms with E-state index in [1.54, 1.807) is 0 Å². The fraction of sp³-hybridized carbons (Fsp3) is 0.370. The van der Waals surface area contributed by atoms with Gasteiger partial charge in [-0.3, -0.25) is 4.79 Å². The molecule has 2 fully saturated rings. The maximum Gasteiger partial charge on any atom is 0.272 e. The average molecular weight is 428 g/mol. The van der Waals surface area contributed by atoms with E-state index in [4.69, 9.17) is 9.72 Å². The third kappa shape index (κ3) is 3.99. The molecule has 0 spiro atoms. The highest BCUT2D eigenvalue weighted by Crippen LogP contribution is 2.48. The summed E-state index contributed by atoms with van der Waals surface area (Å²) in [4.78, 5) is 18.0. The van der Waals surface area contributed by atoms with E-state index < -0.39 is 0 Å². The second-order valence-corrected chi connectivity index (χ2v) is 9.01. The first-order chi connectivity index (χ1) is 15.6. The van der Waals surface area contributed by atoms with E-state index in [1.807, 2.05) is 61.5 Å². The molecule has 1 amide bonds. The summed E-state index contributed by atoms with van der Waals surface area (Å²) in [5, 5.41) is 5.35. The SMILES string of the molecule is CCOc1ccc(-c2cc(C(=O)N/N=C(/C)[C@H]3C[C@H]4CC[C@@H]3C4)c3ccccc3n2)cc1. The first-order valence-electron chi connectivity index (χ1n) is 11.6. The number of nitrogens with one attached hydrogen (secondary N) is 1. The molecule has 2 aliphatic carbocycles. The van der Waals surface area contributed by atoms with Crippen molar-refractivity contribution in [3.63, 3.8) is 0 Å². The summed E-state index contributed by atoms with van der Waals surface area (Å²) >= 11 is 0. The van der Waals surface area contributed by atoms with E-state index in [2.05, 4.69) is 17.5 Å². The van der Waals surface area contributed by atoms with Crippen LogP contribution in [-0.4, -0.2) is 23.2 Å². The van der Waals surface area contributed by atoms with Crippen LogP contribution in [0.3, 0.4) is 0 Å². The Labute approximate surface area is 188 Å². The quantitative estimate of drug-likeness (QED) is 0.397. The molecule has 1 aromatic heterocycles. The Morgan fingerprint density at radius 1 is 1.12 bits per heavy atom. The van der Waals surface area contributed by atoms with Crippen LogP contribution in [0.4, 0.5) is 0 Å². The van der Waals surface area contributed by atoms with Gasteiger partial charge in [0, 0.05) is 22.6 Å². The van der Waals surface area contributed by atoms with Gasteiger partial charge in [0.25, 0.3) is 5.91 Å². The standard InChI is InChI=1S/C27H29N3O2/c1-3-32-21-12-10-19(11-13-21)26-16-24(22-6-4-5-7-25(22)28-26)27(31)30-29-17(2)23-15-18-8-9-20(23)14-18/h4-7,10-13,16,18,20,23H,3,8-9,14-15H2,1-2H3,(H,30,31)/b29-17-/t18-,20+,23+/m0/s1. The summed E-state index contributed by atoms with van der Waals surface area (Å²) in [6.07, 6.45) is 5.20. The number of para-hydroxylation sites is 1. The molecule has 0 unspecified atom stereocenters. The van der Waals surface area contributed by atoms with Gasteiger partial charge in [-0.15, -0.1) is 0 Å². The minimum Gasteiger partial charge on any atom is -0.494 e. The minimum atomic E-state index is -0.196. The zero-order valence-electron chi connectivity index (χ0n) is 18.7. The first-order valence-corrected chi connectivity index (χ1v) is 11.6. The van der Waals surface area contributed by atoms with Gasteiger partial charge in [-0.05, 0) is 81.3 Å². The Morgan fingerprint density at radius 3 is 2.66 bits per heavy atom. The molecule has 32 heavy (non-hydrogen) atoms. The van der Waals surface area contributed by atoms with Crippen LogP contribution in [0.2, 0.25) is 0 Å². The second-order valence-electron chi connectivity index (χ2n) is 9.01. The van der Waals surface area contributed by atoms with Crippen molar-refractivity contribution >= 4 is 22.5 Å². The number of amides is 1. The summed E-state index contributed by atoms with van der Waals surface area (Å²) in [6, 6.07) is 17.4. The zero-order chi connectivity index (χ0) is 22.1. The Morgan fingerprint density at radius 2 is 1.94 bits per heavy atom. The molecule has 2 aromatic carbocycles. The molecule has 2 saturated carbocycles. The summed E-state index contributed by atoms with van der Waals surface area (Å²) in [5.41, 5.74) is 6.96. The van der Waals surface area contributed by atoms with E-state index in [-0.39, 0.29) is 5.91 Å². The Hall–Kier alpha value is -3.21. The highest BCUT2D eigenvalue weighted by atomic mass is 16.5. The molecule has 5 rings (SSSR count). The average Bonchev–Trinajstić information content (AvgIpc) is 3.46. The number of rotatable bonds is 6. The van der Waals surface area contributed by atoms with E-state index in [9.17, 15) is 4.79 Å². The van der Waals surface area contributed by atoms with Crippen molar-refractivity contribution in [1.82, 2.24) is 10.4 Å². The van der Waals surface area contributed by atoms with Crippen LogP contribution >= 0.6 is 0 Å². The van der Waals surface area contributed by atoms with Crippen LogP contribution in [0.5, 0.6) is 5.75 Å². The molecule has 1 heterocycles. The Kier molecular flexibility index (Phi) is 5.64. The lowest BCUT2D eigenvalue weighted by Crippen LogP contribution is -2.24. The minimum absolute atomic E-state index is 0.196. The highest BCUT2D eigenvalue weighted by Gasteiger charge is 2.40. The smallest absolute Gasteiger partial charge is 0.272 e. The predicted molar refractivity (Wildman–Crippen MR) is 128 cm³/mol. The molecule has 3 aromatic rings. The summed E-state index contributed by atoms with van der Waals surface area (Å²) in [5.74, 6) is 2.74.